The number of nitrogens with one attached hydrogen (secondary N) is 1. The summed E-state index contributed by atoms with van der Waals surface area (Å²) in [5.41, 5.74) is 1.77. The molecule has 114 valence electrons. The Hall–Kier alpha value is -1.29. The summed E-state index contributed by atoms with van der Waals surface area (Å²) in [5, 5.41) is 3.11. The molecule has 0 atom stereocenters. The Kier molecular flexibility index (Phi) is 6.30. The van der Waals surface area contributed by atoms with Crippen LogP contribution in [0.2, 0.25) is 0 Å². The van der Waals surface area contributed by atoms with Crippen LogP contribution in [0.4, 0.5) is 0 Å². The Morgan fingerprint density at radius 2 is 1.81 bits per heavy atom. The second-order valence-electron chi connectivity index (χ2n) is 5.50. The van der Waals surface area contributed by atoms with Gasteiger partial charge in [0.25, 0.3) is 5.91 Å². The van der Waals surface area contributed by atoms with Gasteiger partial charge in [0.1, 0.15) is 0 Å². The molecule has 0 heterocycles. The van der Waals surface area contributed by atoms with E-state index in [0.29, 0.717) is 23.0 Å². The summed E-state index contributed by atoms with van der Waals surface area (Å²) in [5.74, 6) is 0.915. The normalized spacial score (nSPS) is 15.7. The molecule has 1 aromatic carbocycles. The quantitative estimate of drug-likeness (QED) is 0.900. The van der Waals surface area contributed by atoms with Gasteiger partial charge in [-0.3, -0.25) is 9.59 Å². The van der Waals surface area contributed by atoms with E-state index in [9.17, 15) is 9.59 Å². The molecule has 1 aliphatic rings. The molecule has 1 aromatic rings. The van der Waals surface area contributed by atoms with Crippen LogP contribution in [-0.4, -0.2) is 17.6 Å². The van der Waals surface area contributed by atoms with Crippen molar-refractivity contribution in [3.05, 3.63) is 35.4 Å². The Labute approximate surface area is 130 Å². The molecule has 1 aliphatic carbocycles. The second kappa shape index (κ2) is 8.23. The van der Waals surface area contributed by atoms with E-state index in [4.69, 9.17) is 0 Å². The molecule has 1 amide bonds. The summed E-state index contributed by atoms with van der Waals surface area (Å²) in [4.78, 5) is 23.8. The molecule has 0 spiro atoms. The summed E-state index contributed by atoms with van der Waals surface area (Å²) < 4.78 is 0. The lowest BCUT2D eigenvalue weighted by Crippen LogP contribution is -2.22. The first-order valence-corrected chi connectivity index (χ1v) is 8.73. The maximum Gasteiger partial charge on any atom is 0.251 e. The predicted molar refractivity (Wildman–Crippen MR) is 87.3 cm³/mol. The van der Waals surface area contributed by atoms with E-state index in [0.717, 1.165) is 18.4 Å². The van der Waals surface area contributed by atoms with Crippen molar-refractivity contribution in [3.63, 3.8) is 0 Å². The number of carbonyl (C=O) groups excluding carboxylic acids is 2. The Morgan fingerprint density at radius 3 is 2.43 bits per heavy atom. The molecule has 4 heteroatoms. The summed E-state index contributed by atoms with van der Waals surface area (Å²) in [6.07, 6.45) is 5.77. The lowest BCUT2D eigenvalue weighted by atomic mass is 9.90. The molecular weight excluding hydrogens is 282 g/mol. The van der Waals surface area contributed by atoms with Crippen LogP contribution in [-0.2, 0) is 10.5 Å². The molecule has 0 saturated heterocycles. The topological polar surface area (TPSA) is 46.2 Å². The van der Waals surface area contributed by atoms with E-state index in [1.807, 2.05) is 31.2 Å². The number of amides is 1. The number of thioether (sulfide) groups is 1. The summed E-state index contributed by atoms with van der Waals surface area (Å²) >= 11 is 1.42. The smallest absolute Gasteiger partial charge is 0.251 e. The molecule has 0 aliphatic heterocycles. The van der Waals surface area contributed by atoms with Crippen LogP contribution in [0.15, 0.2) is 24.3 Å². The zero-order valence-electron chi connectivity index (χ0n) is 12.6. The fourth-order valence-electron chi connectivity index (χ4n) is 2.63. The minimum absolute atomic E-state index is 0.0463. The average molecular weight is 305 g/mol. The average Bonchev–Trinajstić information content (AvgIpc) is 2.54. The van der Waals surface area contributed by atoms with E-state index in [2.05, 4.69) is 5.32 Å². The zero-order valence-corrected chi connectivity index (χ0v) is 13.4. The number of rotatable bonds is 5. The van der Waals surface area contributed by atoms with Crippen molar-refractivity contribution in [2.45, 2.75) is 44.8 Å². The third kappa shape index (κ3) is 4.88. The third-order valence-corrected chi connectivity index (χ3v) is 4.97. The first-order valence-electron chi connectivity index (χ1n) is 7.74. The summed E-state index contributed by atoms with van der Waals surface area (Å²) in [6, 6.07) is 7.52. The van der Waals surface area contributed by atoms with Gasteiger partial charge in [0, 0.05) is 23.8 Å². The van der Waals surface area contributed by atoms with Gasteiger partial charge in [0.05, 0.1) is 0 Å². The fraction of sp³-hybridized carbons (Fsp3) is 0.529. The first kappa shape index (κ1) is 16.1. The van der Waals surface area contributed by atoms with Crippen LogP contribution in [0.25, 0.3) is 0 Å². The van der Waals surface area contributed by atoms with Crippen molar-refractivity contribution < 1.29 is 9.59 Å². The van der Waals surface area contributed by atoms with Crippen molar-refractivity contribution in [2.75, 3.05) is 6.54 Å². The first-order chi connectivity index (χ1) is 10.2. The van der Waals surface area contributed by atoms with Gasteiger partial charge in [0.2, 0.25) is 0 Å². The highest BCUT2D eigenvalue weighted by atomic mass is 32.2. The highest BCUT2D eigenvalue weighted by molar-refractivity contribution is 8.13. The lowest BCUT2D eigenvalue weighted by molar-refractivity contribution is -0.115. The third-order valence-electron chi connectivity index (χ3n) is 3.87. The van der Waals surface area contributed by atoms with Crippen LogP contribution in [0, 0.1) is 5.92 Å². The zero-order chi connectivity index (χ0) is 15.1. The standard InChI is InChI=1S/C17H23NO2S/c1-2-18-16(19)14-10-8-13(9-11-14)12-21-17(20)15-6-4-3-5-7-15/h8-11,15H,2-7,12H2,1H3,(H,18,19). The summed E-state index contributed by atoms with van der Waals surface area (Å²) in [6.45, 7) is 2.53. The van der Waals surface area contributed by atoms with Crippen LogP contribution in [0.1, 0.15) is 54.9 Å². The molecule has 0 aromatic heterocycles. The molecule has 1 saturated carbocycles. The van der Waals surface area contributed by atoms with Gasteiger partial charge in [-0.1, -0.05) is 43.2 Å². The predicted octanol–water partition coefficient (Wildman–Crippen LogP) is 3.78. The molecule has 0 radical (unpaired) electrons. The van der Waals surface area contributed by atoms with E-state index in [1.165, 1.54) is 31.0 Å². The van der Waals surface area contributed by atoms with Gasteiger partial charge < -0.3 is 5.32 Å². The minimum Gasteiger partial charge on any atom is -0.352 e. The summed E-state index contributed by atoms with van der Waals surface area (Å²) in [7, 11) is 0. The molecular formula is C17H23NO2S. The maximum atomic E-state index is 12.1. The highest BCUT2D eigenvalue weighted by Gasteiger charge is 2.21. The SMILES string of the molecule is CCNC(=O)c1ccc(CSC(=O)C2CCCCC2)cc1. The van der Waals surface area contributed by atoms with Crippen molar-refractivity contribution in [1.29, 1.82) is 0 Å². The van der Waals surface area contributed by atoms with E-state index in [1.54, 1.807) is 0 Å². The number of hydrogen-bond acceptors (Lipinski definition) is 3. The minimum atomic E-state index is -0.0463. The number of benzene rings is 1. The Morgan fingerprint density at radius 1 is 1.14 bits per heavy atom. The molecule has 0 unspecified atom stereocenters. The molecule has 21 heavy (non-hydrogen) atoms. The van der Waals surface area contributed by atoms with Crippen LogP contribution < -0.4 is 5.32 Å². The fourth-order valence-corrected chi connectivity index (χ4v) is 3.60. The maximum absolute atomic E-state index is 12.1. The van der Waals surface area contributed by atoms with Crippen molar-refractivity contribution in [2.24, 2.45) is 5.92 Å². The van der Waals surface area contributed by atoms with Gasteiger partial charge in [-0.15, -0.1) is 0 Å². The Balaban J connectivity index is 1.83. The number of hydrogen-bond donors (Lipinski definition) is 1. The second-order valence-corrected chi connectivity index (χ2v) is 6.48. The van der Waals surface area contributed by atoms with Gasteiger partial charge in [-0.2, -0.15) is 0 Å². The van der Waals surface area contributed by atoms with E-state index in [-0.39, 0.29) is 11.8 Å². The molecule has 2 rings (SSSR count). The van der Waals surface area contributed by atoms with Crippen molar-refractivity contribution in [1.82, 2.24) is 5.32 Å². The highest BCUT2D eigenvalue weighted by Crippen LogP contribution is 2.29. The van der Waals surface area contributed by atoms with Crippen LogP contribution >= 0.6 is 11.8 Å². The van der Waals surface area contributed by atoms with E-state index >= 15 is 0 Å². The van der Waals surface area contributed by atoms with Crippen molar-refractivity contribution >= 4 is 22.8 Å². The van der Waals surface area contributed by atoms with Crippen LogP contribution in [0.3, 0.4) is 0 Å². The molecule has 1 fully saturated rings. The van der Waals surface area contributed by atoms with Gasteiger partial charge in [-0.05, 0) is 37.5 Å². The van der Waals surface area contributed by atoms with E-state index < -0.39 is 0 Å². The largest absolute Gasteiger partial charge is 0.352 e. The van der Waals surface area contributed by atoms with Gasteiger partial charge >= 0.3 is 0 Å². The number of carbonyl (C=O) groups is 2. The molecule has 1 N–H and O–H groups in total. The Bertz CT molecular complexity index is 478. The van der Waals surface area contributed by atoms with Gasteiger partial charge in [-0.25, -0.2) is 0 Å². The monoisotopic (exact) mass is 305 g/mol. The molecule has 3 nitrogen and oxygen atoms in total. The van der Waals surface area contributed by atoms with Crippen LogP contribution in [0.5, 0.6) is 0 Å². The molecule has 0 bridgehead atoms. The van der Waals surface area contributed by atoms with Gasteiger partial charge in [0.15, 0.2) is 5.12 Å². The lowest BCUT2D eigenvalue weighted by Gasteiger charge is -2.19. The van der Waals surface area contributed by atoms with Crippen molar-refractivity contribution in [3.8, 4) is 0 Å².